The molecule has 0 bridgehead atoms. The fraction of sp³-hybridized carbons (Fsp3) is 0.771. The van der Waals surface area contributed by atoms with Gasteiger partial charge in [0, 0.05) is 25.9 Å². The number of hydrogen-bond donors (Lipinski definition) is 1. The van der Waals surface area contributed by atoms with Gasteiger partial charge in [0.25, 0.3) is 0 Å². The first-order valence-electron chi connectivity index (χ1n) is 17.8. The van der Waals surface area contributed by atoms with Gasteiger partial charge in [-0.15, -0.1) is 0 Å². The van der Waals surface area contributed by atoms with E-state index in [0.717, 1.165) is 83.5 Å². The molecule has 2 aromatic heterocycles. The summed E-state index contributed by atoms with van der Waals surface area (Å²) < 4.78 is 24.7. The average Bonchev–Trinajstić information content (AvgIpc) is 3.57. The molecule has 0 radical (unpaired) electrons. The number of aromatic amines is 1. The summed E-state index contributed by atoms with van der Waals surface area (Å²) in [5.41, 5.74) is 0.326. The number of unbranched alkanes of at least 4 members (excludes halogenated alkanes) is 3. The Balaban J connectivity index is 1.40. The number of H-pyrrole nitrogens is 1. The Morgan fingerprint density at radius 3 is 2.24 bits per heavy atom. The first kappa shape index (κ1) is 34.2. The van der Waals surface area contributed by atoms with Gasteiger partial charge in [0.05, 0.1) is 0 Å². The van der Waals surface area contributed by atoms with Gasteiger partial charge in [-0.2, -0.15) is 5.26 Å². The maximum absolute atomic E-state index is 14.2. The number of ether oxygens (including phenoxy) is 4. The predicted molar refractivity (Wildman–Crippen MR) is 172 cm³/mol. The van der Waals surface area contributed by atoms with Gasteiger partial charge in [-0.25, -0.2) is 19.1 Å². The van der Waals surface area contributed by atoms with Crippen molar-refractivity contribution in [2.75, 3.05) is 19.9 Å². The number of rotatable bonds is 14. The first-order chi connectivity index (χ1) is 22.4. The van der Waals surface area contributed by atoms with Gasteiger partial charge in [0.1, 0.15) is 29.1 Å². The number of nitrogens with zero attached hydrogens (tertiary/aromatic N) is 4. The Labute approximate surface area is 273 Å². The van der Waals surface area contributed by atoms with Crippen molar-refractivity contribution in [3.05, 3.63) is 17.0 Å². The van der Waals surface area contributed by atoms with Crippen molar-refractivity contribution in [3.63, 3.8) is 0 Å². The van der Waals surface area contributed by atoms with Crippen LogP contribution < -0.4 is 4.74 Å². The highest BCUT2D eigenvalue weighted by molar-refractivity contribution is 6.00. The zero-order chi connectivity index (χ0) is 32.6. The summed E-state index contributed by atoms with van der Waals surface area (Å²) in [5.74, 6) is 1.64. The molecule has 2 aliphatic heterocycles. The zero-order valence-electron chi connectivity index (χ0n) is 28.2. The molecule has 11 nitrogen and oxygen atoms in total. The minimum atomic E-state index is -0.561. The molecule has 0 aromatic carbocycles. The molecule has 1 amide bonds. The van der Waals surface area contributed by atoms with Crippen LogP contribution in [0.5, 0.6) is 5.88 Å². The second kappa shape index (κ2) is 16.1. The number of aromatic nitrogens is 3. The van der Waals surface area contributed by atoms with Gasteiger partial charge >= 0.3 is 12.1 Å². The van der Waals surface area contributed by atoms with Gasteiger partial charge in [0.15, 0.2) is 18.7 Å². The molecule has 1 N–H and O–H groups in total. The molecule has 3 fully saturated rings. The molecule has 2 atom stereocenters. The molecule has 5 rings (SSSR count). The molecule has 1 saturated carbocycles. The lowest BCUT2D eigenvalue weighted by Gasteiger charge is -2.40. The summed E-state index contributed by atoms with van der Waals surface area (Å²) in [5, 5.41) is 13.6. The van der Waals surface area contributed by atoms with Crippen molar-refractivity contribution in [1.82, 2.24) is 19.5 Å². The van der Waals surface area contributed by atoms with Crippen LogP contribution in [-0.4, -0.2) is 63.8 Å². The topological polar surface area (TPSA) is 131 Å². The number of fused-ring (bicyclic) bond motifs is 1. The smallest absolute Gasteiger partial charge is 0.416 e. The van der Waals surface area contributed by atoms with E-state index in [1.807, 2.05) is 0 Å². The van der Waals surface area contributed by atoms with Gasteiger partial charge < -0.3 is 23.8 Å². The molecule has 46 heavy (non-hydrogen) atoms. The lowest BCUT2D eigenvalue weighted by Crippen LogP contribution is -2.42. The average molecular weight is 640 g/mol. The van der Waals surface area contributed by atoms with Crippen LogP contribution in [-0.2, 0) is 20.6 Å². The second-order valence-electron chi connectivity index (χ2n) is 13.8. The Hall–Kier alpha value is -3.10. The Morgan fingerprint density at radius 1 is 1.02 bits per heavy atom. The summed E-state index contributed by atoms with van der Waals surface area (Å²) in [6.07, 6.45) is 12.5. The molecule has 2 aromatic rings. The summed E-state index contributed by atoms with van der Waals surface area (Å²) >= 11 is 0. The van der Waals surface area contributed by atoms with E-state index in [1.54, 1.807) is 4.90 Å². The third kappa shape index (κ3) is 7.88. The van der Waals surface area contributed by atoms with E-state index < -0.39 is 12.1 Å². The molecular weight excluding hydrogens is 586 g/mol. The van der Waals surface area contributed by atoms with Crippen molar-refractivity contribution in [2.45, 2.75) is 130 Å². The molecule has 2 saturated heterocycles. The van der Waals surface area contributed by atoms with Gasteiger partial charge in [-0.3, -0.25) is 5.10 Å². The number of carbonyl (C=O) groups excluding carboxylic acids is 2. The highest BCUT2D eigenvalue weighted by Gasteiger charge is 2.40. The van der Waals surface area contributed by atoms with Crippen molar-refractivity contribution >= 4 is 17.7 Å². The van der Waals surface area contributed by atoms with Crippen LogP contribution in [0.2, 0.25) is 0 Å². The Morgan fingerprint density at radius 2 is 1.67 bits per heavy atom. The van der Waals surface area contributed by atoms with Crippen LogP contribution in [0, 0.1) is 35.0 Å². The van der Waals surface area contributed by atoms with Crippen molar-refractivity contribution in [2.24, 2.45) is 23.7 Å². The molecule has 4 heterocycles. The molecule has 0 spiro atoms. The van der Waals surface area contributed by atoms with Crippen LogP contribution in [0.4, 0.5) is 4.79 Å². The number of nitrogens with one attached hydrogen (secondary N) is 1. The predicted octanol–water partition coefficient (Wildman–Crippen LogP) is 7.38. The highest BCUT2D eigenvalue weighted by Crippen LogP contribution is 2.41. The molecule has 1 aliphatic carbocycles. The Kier molecular flexibility index (Phi) is 12.0. The normalized spacial score (nSPS) is 24.1. The molecule has 11 heteroatoms. The fourth-order valence-electron chi connectivity index (χ4n) is 7.61. The van der Waals surface area contributed by atoms with E-state index in [0.29, 0.717) is 44.0 Å². The first-order valence-corrected chi connectivity index (χ1v) is 17.8. The summed E-state index contributed by atoms with van der Waals surface area (Å²) in [6, 6.07) is 2.16. The van der Waals surface area contributed by atoms with Crippen LogP contribution >= 0.6 is 0 Å². The highest BCUT2D eigenvalue weighted by atomic mass is 16.8. The minimum Gasteiger partial charge on any atom is -0.458 e. The number of amides is 1. The van der Waals surface area contributed by atoms with E-state index in [1.165, 1.54) is 4.52 Å². The maximum Gasteiger partial charge on any atom is 0.416 e. The molecular formula is C35H53N5O6. The second-order valence-corrected chi connectivity index (χ2v) is 13.8. The standard InChI is InChI=1S/C35H53N5O6/c1-5-8-11-25-18-23(4)19-26(12-9-6-2)31(25)45-34(41)30-27(21-36)33(40-32(30)37-28(38-40)13-10-7-3)46-35(42)39-16-14-24(15-17-39)20-29-43-22-44-29/h23-26,29,31H,5-20,22H2,1-4H3,(H,37,38). The Bertz CT molecular complexity index is 1330. The number of nitriles is 1. The third-order valence-electron chi connectivity index (χ3n) is 10.2. The number of piperidine rings is 1. The molecule has 3 aliphatic rings. The number of hydrogen-bond acceptors (Lipinski definition) is 8. The summed E-state index contributed by atoms with van der Waals surface area (Å²) in [4.78, 5) is 34.0. The monoisotopic (exact) mass is 639 g/mol. The number of carbonyl (C=O) groups is 2. The van der Waals surface area contributed by atoms with E-state index in [4.69, 9.17) is 23.9 Å². The third-order valence-corrected chi connectivity index (χ3v) is 10.2. The van der Waals surface area contributed by atoms with Gasteiger partial charge in [-0.1, -0.05) is 59.8 Å². The van der Waals surface area contributed by atoms with E-state index in [9.17, 15) is 14.9 Å². The van der Waals surface area contributed by atoms with Crippen LogP contribution in [0.25, 0.3) is 5.65 Å². The van der Waals surface area contributed by atoms with Gasteiger partial charge in [0.2, 0.25) is 5.88 Å². The van der Waals surface area contributed by atoms with Crippen molar-refractivity contribution in [3.8, 4) is 11.9 Å². The van der Waals surface area contributed by atoms with Crippen molar-refractivity contribution in [1.29, 1.82) is 5.26 Å². The zero-order valence-corrected chi connectivity index (χ0v) is 28.2. The molecule has 2 unspecified atom stereocenters. The number of esters is 1. The number of likely N-dealkylation sites (tertiary alicyclic amines) is 1. The van der Waals surface area contributed by atoms with Crippen LogP contribution in [0.15, 0.2) is 0 Å². The summed E-state index contributed by atoms with van der Waals surface area (Å²) in [6.45, 7) is 10.2. The number of aryl methyl sites for hydroxylation is 1. The fourth-order valence-corrected chi connectivity index (χ4v) is 7.61. The maximum atomic E-state index is 14.2. The molecule has 254 valence electrons. The summed E-state index contributed by atoms with van der Waals surface area (Å²) in [7, 11) is 0. The van der Waals surface area contributed by atoms with Gasteiger partial charge in [-0.05, 0) is 68.6 Å². The SMILES string of the molecule is CCCCc1nc2c(C(=O)OC3C(CCCC)CC(C)CC3CCCC)c(C#N)c(OC(=O)N3CCC(CC4OCO4)CC3)n2[nH]1. The lowest BCUT2D eigenvalue weighted by atomic mass is 9.70. The van der Waals surface area contributed by atoms with E-state index >= 15 is 0 Å². The van der Waals surface area contributed by atoms with E-state index in [2.05, 4.69) is 38.9 Å². The minimum absolute atomic E-state index is 0.00887. The van der Waals surface area contributed by atoms with E-state index in [-0.39, 0.29) is 46.9 Å². The largest absolute Gasteiger partial charge is 0.458 e. The van der Waals surface area contributed by atoms with Crippen molar-refractivity contribution < 1.29 is 28.5 Å². The quantitative estimate of drug-likeness (QED) is 0.212. The van der Waals surface area contributed by atoms with Crippen LogP contribution in [0.1, 0.15) is 133 Å². The lowest BCUT2D eigenvalue weighted by molar-refractivity contribution is -0.325. The van der Waals surface area contributed by atoms with Crippen LogP contribution in [0.3, 0.4) is 0 Å².